The molecule has 3 nitrogen and oxygen atoms in total. The van der Waals surface area contributed by atoms with E-state index in [2.05, 4.69) is 33.4 Å². The maximum Gasteiger partial charge on any atom is 0.194 e. The van der Waals surface area contributed by atoms with Gasteiger partial charge in [0.05, 0.1) is 6.10 Å². The van der Waals surface area contributed by atoms with E-state index in [0.29, 0.717) is 5.57 Å². The van der Waals surface area contributed by atoms with E-state index in [1.807, 2.05) is 6.92 Å². The van der Waals surface area contributed by atoms with Crippen molar-refractivity contribution in [2.45, 2.75) is 71.2 Å². The van der Waals surface area contributed by atoms with Gasteiger partial charge in [-0.1, -0.05) is 32.1 Å². The van der Waals surface area contributed by atoms with E-state index >= 15 is 0 Å². The normalized spacial score (nSPS) is 46.7. The summed E-state index contributed by atoms with van der Waals surface area (Å²) in [6.45, 7) is 12.6. The summed E-state index contributed by atoms with van der Waals surface area (Å²) in [6.07, 6.45) is 6.65. The van der Waals surface area contributed by atoms with Crippen LogP contribution in [0.2, 0.25) is 0 Å². The standard InChI is InChI=1S/C20H28O3/c1-12-7-6-9-20(5)18(23-20)17(22)15-11-16(21)14(3)19(4,10-8-12)13(15)2/h7,11,14,16,18,21H,2,6,8-10H2,1,3-5H3/b12-7+/t14-,16-,18-,19-,20-/m1/s1. The number of ether oxygens (including phenoxy) is 1. The predicted octanol–water partition coefficient (Wildman–Crippen LogP) is 3.73. The van der Waals surface area contributed by atoms with Crippen LogP contribution >= 0.6 is 0 Å². The van der Waals surface area contributed by atoms with Crippen LogP contribution in [0.1, 0.15) is 53.4 Å². The van der Waals surface area contributed by atoms with Crippen molar-refractivity contribution in [2.24, 2.45) is 11.3 Å². The number of ketones is 1. The van der Waals surface area contributed by atoms with Gasteiger partial charge in [0.15, 0.2) is 5.78 Å². The van der Waals surface area contributed by atoms with Crippen molar-refractivity contribution >= 4 is 5.78 Å². The summed E-state index contributed by atoms with van der Waals surface area (Å²) in [5.41, 5.74) is 2.20. The van der Waals surface area contributed by atoms with Crippen LogP contribution in [-0.2, 0) is 9.53 Å². The topological polar surface area (TPSA) is 49.8 Å². The molecule has 1 N–H and O–H groups in total. The van der Waals surface area contributed by atoms with Crippen LogP contribution in [0.15, 0.2) is 35.5 Å². The van der Waals surface area contributed by atoms with Gasteiger partial charge < -0.3 is 9.84 Å². The Morgan fingerprint density at radius 3 is 2.74 bits per heavy atom. The Bertz CT molecular complexity index is 614. The molecule has 3 rings (SSSR count). The smallest absolute Gasteiger partial charge is 0.194 e. The van der Waals surface area contributed by atoms with Gasteiger partial charge in [-0.25, -0.2) is 0 Å². The van der Waals surface area contributed by atoms with Crippen molar-refractivity contribution in [2.75, 3.05) is 0 Å². The molecule has 0 aromatic rings. The number of hydrogen-bond acceptors (Lipinski definition) is 3. The zero-order valence-corrected chi connectivity index (χ0v) is 14.7. The Morgan fingerprint density at radius 1 is 1.35 bits per heavy atom. The van der Waals surface area contributed by atoms with Crippen LogP contribution in [0.4, 0.5) is 0 Å². The van der Waals surface area contributed by atoms with Gasteiger partial charge in [0.2, 0.25) is 0 Å². The lowest BCUT2D eigenvalue weighted by Crippen LogP contribution is -2.41. The van der Waals surface area contributed by atoms with Crippen molar-refractivity contribution in [3.05, 3.63) is 35.5 Å². The highest BCUT2D eigenvalue weighted by molar-refractivity contribution is 6.05. The third-order valence-electron chi connectivity index (χ3n) is 6.43. The minimum Gasteiger partial charge on any atom is -0.389 e. The Morgan fingerprint density at radius 2 is 2.04 bits per heavy atom. The second-order valence-corrected chi connectivity index (χ2v) is 8.02. The minimum absolute atomic E-state index is 0.00375. The number of hydrogen-bond donors (Lipinski definition) is 1. The molecule has 23 heavy (non-hydrogen) atoms. The molecule has 1 aliphatic heterocycles. The average molecular weight is 316 g/mol. The van der Waals surface area contributed by atoms with E-state index in [1.165, 1.54) is 5.57 Å². The number of epoxide rings is 1. The molecule has 0 aromatic carbocycles. The van der Waals surface area contributed by atoms with Crippen LogP contribution in [0.5, 0.6) is 0 Å². The first kappa shape index (κ1) is 16.7. The SMILES string of the molecule is C=C1C2=C[C@@H](O)[C@@H](C)[C@]1(C)CC/C(C)=C/CC[C@@]1(C)O[C@@H]1C2=O. The second kappa shape index (κ2) is 5.42. The number of fused-ring (bicyclic) bond motifs is 3. The van der Waals surface area contributed by atoms with Gasteiger partial charge in [0.25, 0.3) is 0 Å². The van der Waals surface area contributed by atoms with Gasteiger partial charge in [-0.3, -0.25) is 4.79 Å². The number of aliphatic hydroxyl groups excluding tert-OH is 1. The molecule has 5 atom stereocenters. The Kier molecular flexibility index (Phi) is 3.93. The fraction of sp³-hybridized carbons (Fsp3) is 0.650. The van der Waals surface area contributed by atoms with Crippen molar-refractivity contribution in [1.29, 1.82) is 0 Å². The molecule has 3 heteroatoms. The number of rotatable bonds is 0. The van der Waals surface area contributed by atoms with E-state index in [-0.39, 0.29) is 28.8 Å². The van der Waals surface area contributed by atoms with Gasteiger partial charge in [-0.15, -0.1) is 0 Å². The van der Waals surface area contributed by atoms with E-state index in [0.717, 1.165) is 31.3 Å². The Balaban J connectivity index is 2.03. The molecule has 0 amide bonds. The van der Waals surface area contributed by atoms with Gasteiger partial charge in [0.1, 0.15) is 11.7 Å². The first-order valence-corrected chi connectivity index (χ1v) is 8.66. The van der Waals surface area contributed by atoms with E-state index in [4.69, 9.17) is 4.74 Å². The first-order valence-electron chi connectivity index (χ1n) is 8.66. The van der Waals surface area contributed by atoms with Gasteiger partial charge in [-0.05, 0) is 62.5 Å². The first-order chi connectivity index (χ1) is 10.7. The third-order valence-corrected chi connectivity index (χ3v) is 6.43. The van der Waals surface area contributed by atoms with Gasteiger partial charge in [-0.2, -0.15) is 0 Å². The van der Waals surface area contributed by atoms with E-state index in [9.17, 15) is 9.90 Å². The van der Waals surface area contributed by atoms with Crippen molar-refractivity contribution < 1.29 is 14.6 Å². The predicted molar refractivity (Wildman–Crippen MR) is 91.0 cm³/mol. The lowest BCUT2D eigenvalue weighted by molar-refractivity contribution is -0.117. The Labute approximate surface area is 139 Å². The van der Waals surface area contributed by atoms with Crippen LogP contribution in [-0.4, -0.2) is 28.7 Å². The van der Waals surface area contributed by atoms with Gasteiger partial charge >= 0.3 is 0 Å². The fourth-order valence-electron chi connectivity index (χ4n) is 4.05. The Hall–Kier alpha value is -1.19. The fourth-order valence-corrected chi connectivity index (χ4v) is 4.05. The molecular formula is C20H28O3. The summed E-state index contributed by atoms with van der Waals surface area (Å²) in [7, 11) is 0. The molecule has 0 spiro atoms. The molecule has 2 bridgehead atoms. The quantitative estimate of drug-likeness (QED) is 0.547. The van der Waals surface area contributed by atoms with Gasteiger partial charge in [0, 0.05) is 5.57 Å². The summed E-state index contributed by atoms with van der Waals surface area (Å²) in [5, 5.41) is 10.5. The van der Waals surface area contributed by atoms with Crippen LogP contribution in [0.25, 0.3) is 0 Å². The minimum atomic E-state index is -0.610. The maximum atomic E-state index is 12.9. The molecule has 126 valence electrons. The molecular weight excluding hydrogens is 288 g/mol. The zero-order valence-electron chi connectivity index (χ0n) is 14.7. The van der Waals surface area contributed by atoms with Crippen LogP contribution in [0.3, 0.4) is 0 Å². The molecule has 0 aromatic heterocycles. The van der Waals surface area contributed by atoms with Crippen molar-refractivity contribution in [3.63, 3.8) is 0 Å². The molecule has 0 unspecified atom stereocenters. The summed E-state index contributed by atoms with van der Waals surface area (Å²) in [5.74, 6) is 0.0461. The third kappa shape index (κ3) is 2.64. The highest BCUT2D eigenvalue weighted by Gasteiger charge is 2.58. The summed E-state index contributed by atoms with van der Waals surface area (Å²) < 4.78 is 5.76. The molecule has 0 saturated carbocycles. The summed E-state index contributed by atoms with van der Waals surface area (Å²) >= 11 is 0. The highest BCUT2D eigenvalue weighted by atomic mass is 16.6. The lowest BCUT2D eigenvalue weighted by Gasteiger charge is -2.44. The lowest BCUT2D eigenvalue weighted by atomic mass is 9.61. The molecule has 1 saturated heterocycles. The zero-order chi connectivity index (χ0) is 17.0. The largest absolute Gasteiger partial charge is 0.389 e. The molecule has 3 aliphatic rings. The number of Topliss-reactive ketones (excluding diaryl/α,β-unsaturated/α-hetero) is 1. The second-order valence-electron chi connectivity index (χ2n) is 8.02. The van der Waals surface area contributed by atoms with Crippen molar-refractivity contribution in [1.82, 2.24) is 0 Å². The highest BCUT2D eigenvalue weighted by Crippen LogP contribution is 2.51. The number of carbonyl (C=O) groups excluding carboxylic acids is 1. The summed E-state index contributed by atoms with van der Waals surface area (Å²) in [4.78, 5) is 12.9. The number of carbonyl (C=O) groups is 1. The average Bonchev–Trinajstić information content (AvgIpc) is 3.17. The molecule has 2 aliphatic carbocycles. The maximum absolute atomic E-state index is 12.9. The molecule has 1 fully saturated rings. The molecule has 0 radical (unpaired) electrons. The number of aliphatic hydroxyl groups is 1. The number of allylic oxidation sites excluding steroid dienone is 3. The van der Waals surface area contributed by atoms with Crippen LogP contribution < -0.4 is 0 Å². The molecule has 1 heterocycles. The summed E-state index contributed by atoms with van der Waals surface area (Å²) in [6, 6.07) is 0. The monoisotopic (exact) mass is 316 g/mol. The van der Waals surface area contributed by atoms with Crippen LogP contribution in [0, 0.1) is 11.3 Å². The van der Waals surface area contributed by atoms with E-state index in [1.54, 1.807) is 6.08 Å². The van der Waals surface area contributed by atoms with E-state index < -0.39 is 6.10 Å². The van der Waals surface area contributed by atoms with Crippen molar-refractivity contribution in [3.8, 4) is 0 Å².